The third-order valence-electron chi connectivity index (χ3n) is 9.27. The highest BCUT2D eigenvalue weighted by molar-refractivity contribution is 6.02. The zero-order valence-electron chi connectivity index (χ0n) is 26.5. The molecule has 4 N–H and O–H groups in total. The van der Waals surface area contributed by atoms with Crippen LogP contribution >= 0.6 is 0 Å². The molecule has 3 aromatic heterocycles. The van der Waals surface area contributed by atoms with Crippen molar-refractivity contribution >= 4 is 28.7 Å². The maximum atomic E-state index is 13.9. The highest BCUT2D eigenvalue weighted by atomic mass is 16.6. The van der Waals surface area contributed by atoms with Gasteiger partial charge in [0.15, 0.2) is 11.8 Å². The Morgan fingerprint density at radius 2 is 1.92 bits per heavy atom. The summed E-state index contributed by atoms with van der Waals surface area (Å²) in [4.78, 5) is 35.7. The number of hydrogen-bond acceptors (Lipinski definition) is 11. The number of anilines is 1. The standard InChI is InChI=1S/C33H37N7O8/c1-18-7-8-24(47-16-25-27(41)28(42)29(43)30(48-25)32(44)45)23(13-18)38(2)33(46)39-12-10-21-26(35-17-36-31(21)39)20-14-37-40(15-20)22(9-11-34)19-5-3-4-6-19/h7-8,10,12-15,17,19,22,25,27-30,41-43H,3-6,9,16H2,1-2H3,(H,44,45)/t22-,25?,27+,28-,29+,30+/m1/s1. The van der Waals surface area contributed by atoms with Crippen molar-refractivity contribution in [2.75, 3.05) is 18.6 Å². The first-order valence-electron chi connectivity index (χ1n) is 15.8. The number of aliphatic hydroxyl groups is 3. The minimum atomic E-state index is -1.82. The number of amides is 1. The van der Waals surface area contributed by atoms with E-state index in [9.17, 15) is 35.3 Å². The third-order valence-corrected chi connectivity index (χ3v) is 9.27. The summed E-state index contributed by atoms with van der Waals surface area (Å²) in [5, 5.41) is 54.7. The minimum Gasteiger partial charge on any atom is -0.489 e. The van der Waals surface area contributed by atoms with Crippen molar-refractivity contribution in [3.8, 4) is 23.1 Å². The number of aryl methyl sites for hydroxylation is 1. The van der Waals surface area contributed by atoms with Crippen LogP contribution < -0.4 is 9.64 Å². The molecule has 1 amide bonds. The largest absolute Gasteiger partial charge is 0.489 e. The fourth-order valence-electron chi connectivity index (χ4n) is 6.63. The van der Waals surface area contributed by atoms with E-state index >= 15 is 0 Å². The molecule has 0 radical (unpaired) electrons. The van der Waals surface area contributed by atoms with Crippen molar-refractivity contribution < 1.29 is 39.5 Å². The van der Waals surface area contributed by atoms with Crippen LogP contribution in [0.3, 0.4) is 0 Å². The van der Waals surface area contributed by atoms with E-state index in [2.05, 4.69) is 21.1 Å². The van der Waals surface area contributed by atoms with Crippen LogP contribution in [0.15, 0.2) is 49.2 Å². The maximum absolute atomic E-state index is 13.9. The van der Waals surface area contributed by atoms with Crippen LogP contribution in [-0.4, -0.2) is 101 Å². The van der Waals surface area contributed by atoms with Crippen molar-refractivity contribution in [2.24, 2.45) is 5.92 Å². The van der Waals surface area contributed by atoms with Gasteiger partial charge in [0.2, 0.25) is 0 Å². The van der Waals surface area contributed by atoms with Gasteiger partial charge in [0.1, 0.15) is 43.1 Å². The molecule has 4 heterocycles. The van der Waals surface area contributed by atoms with Gasteiger partial charge in [0.25, 0.3) is 0 Å². The van der Waals surface area contributed by atoms with Crippen LogP contribution in [0.2, 0.25) is 0 Å². The fraction of sp³-hybridized carbons (Fsp3) is 0.455. The Morgan fingerprint density at radius 1 is 1.15 bits per heavy atom. The topological polar surface area (TPSA) is 209 Å². The van der Waals surface area contributed by atoms with Gasteiger partial charge in [0.05, 0.1) is 36.1 Å². The molecular formula is C33H37N7O8. The smallest absolute Gasteiger partial charge is 0.335 e. The average Bonchev–Trinajstić information content (AvgIpc) is 3.87. The third kappa shape index (κ3) is 6.22. The van der Waals surface area contributed by atoms with Crippen molar-refractivity contribution in [1.82, 2.24) is 24.3 Å². The van der Waals surface area contributed by atoms with Crippen LogP contribution in [-0.2, 0) is 9.53 Å². The lowest BCUT2D eigenvalue weighted by atomic mass is 9.95. The number of aromatic nitrogens is 5. The summed E-state index contributed by atoms with van der Waals surface area (Å²) in [5.74, 6) is -0.867. The van der Waals surface area contributed by atoms with Gasteiger partial charge in [-0.25, -0.2) is 19.6 Å². The zero-order valence-corrected chi connectivity index (χ0v) is 26.5. The van der Waals surface area contributed by atoms with Gasteiger partial charge in [-0.2, -0.15) is 10.4 Å². The first-order valence-corrected chi connectivity index (χ1v) is 15.8. The van der Waals surface area contributed by atoms with E-state index in [4.69, 9.17) is 9.47 Å². The maximum Gasteiger partial charge on any atom is 0.335 e. The van der Waals surface area contributed by atoms with E-state index in [0.717, 1.165) is 36.8 Å². The molecule has 6 rings (SSSR count). The summed E-state index contributed by atoms with van der Waals surface area (Å²) in [6.45, 7) is 1.47. The van der Waals surface area contributed by atoms with Crippen molar-refractivity contribution in [1.29, 1.82) is 5.26 Å². The number of carbonyl (C=O) groups excluding carboxylic acids is 1. The van der Waals surface area contributed by atoms with Crippen LogP contribution in [0.4, 0.5) is 10.5 Å². The van der Waals surface area contributed by atoms with Crippen LogP contribution in [0, 0.1) is 24.2 Å². The number of hydrogen-bond donors (Lipinski definition) is 4. The zero-order chi connectivity index (χ0) is 34.1. The highest BCUT2D eigenvalue weighted by Gasteiger charge is 2.47. The monoisotopic (exact) mass is 659 g/mol. The molecular weight excluding hydrogens is 622 g/mol. The Balaban J connectivity index is 1.24. The molecule has 1 saturated carbocycles. The molecule has 1 aliphatic carbocycles. The van der Waals surface area contributed by atoms with E-state index in [1.54, 1.807) is 43.7 Å². The molecule has 1 unspecified atom stereocenters. The van der Waals surface area contributed by atoms with Gasteiger partial charge in [-0.05, 0) is 49.4 Å². The fourth-order valence-corrected chi connectivity index (χ4v) is 6.63. The van der Waals surface area contributed by atoms with Gasteiger partial charge in [0, 0.05) is 30.4 Å². The molecule has 1 aliphatic heterocycles. The summed E-state index contributed by atoms with van der Waals surface area (Å²) < 4.78 is 14.5. The second kappa shape index (κ2) is 13.7. The van der Waals surface area contributed by atoms with Crippen LogP contribution in [0.25, 0.3) is 22.3 Å². The number of carbonyl (C=O) groups is 2. The van der Waals surface area contributed by atoms with Gasteiger partial charge in [-0.1, -0.05) is 18.9 Å². The van der Waals surface area contributed by atoms with Crippen molar-refractivity contribution in [2.45, 2.75) is 75.6 Å². The summed E-state index contributed by atoms with van der Waals surface area (Å²) in [5.41, 5.74) is 2.90. The quantitative estimate of drug-likeness (QED) is 0.204. The summed E-state index contributed by atoms with van der Waals surface area (Å²) in [7, 11) is 1.56. The molecule has 6 atom stereocenters. The van der Waals surface area contributed by atoms with E-state index in [1.807, 2.05) is 17.8 Å². The lowest BCUT2D eigenvalue weighted by Gasteiger charge is -2.38. The predicted molar refractivity (Wildman–Crippen MR) is 170 cm³/mol. The molecule has 1 saturated heterocycles. The number of rotatable bonds is 9. The van der Waals surface area contributed by atoms with Crippen molar-refractivity contribution in [3.05, 3.63) is 54.7 Å². The molecule has 48 heavy (non-hydrogen) atoms. The average molecular weight is 660 g/mol. The van der Waals surface area contributed by atoms with Gasteiger partial charge >= 0.3 is 12.0 Å². The second-order valence-electron chi connectivity index (χ2n) is 12.4. The number of fused-ring (bicyclic) bond motifs is 1. The number of nitrogens with zero attached hydrogens (tertiary/aromatic N) is 7. The summed E-state index contributed by atoms with van der Waals surface area (Å²) >= 11 is 0. The summed E-state index contributed by atoms with van der Waals surface area (Å²) in [6, 6.07) is 8.69. The molecule has 0 bridgehead atoms. The number of nitriles is 1. The molecule has 0 spiro atoms. The molecule has 15 nitrogen and oxygen atoms in total. The Kier molecular flexibility index (Phi) is 9.42. The van der Waals surface area contributed by atoms with Gasteiger partial charge < -0.3 is 29.9 Å². The summed E-state index contributed by atoms with van der Waals surface area (Å²) in [6.07, 6.45) is 3.19. The Hall–Kier alpha value is -4.88. The lowest BCUT2D eigenvalue weighted by molar-refractivity contribution is -0.231. The molecule has 15 heteroatoms. The van der Waals surface area contributed by atoms with Crippen LogP contribution in [0.1, 0.15) is 43.7 Å². The molecule has 1 aromatic carbocycles. The Labute approximate surface area is 275 Å². The molecule has 252 valence electrons. The number of ether oxygens (including phenoxy) is 2. The predicted octanol–water partition coefficient (Wildman–Crippen LogP) is 2.67. The number of aliphatic hydroxyl groups excluding tert-OH is 3. The molecule has 2 fully saturated rings. The number of aliphatic carboxylic acids is 1. The van der Waals surface area contributed by atoms with E-state index in [-0.39, 0.29) is 18.4 Å². The van der Waals surface area contributed by atoms with E-state index < -0.39 is 42.5 Å². The number of carboxylic acids is 1. The number of benzene rings is 1. The Morgan fingerprint density at radius 3 is 2.65 bits per heavy atom. The first-order chi connectivity index (χ1) is 23.1. The molecule has 4 aromatic rings. The highest BCUT2D eigenvalue weighted by Crippen LogP contribution is 2.37. The van der Waals surface area contributed by atoms with E-state index in [0.29, 0.717) is 34.8 Å². The Bertz CT molecular complexity index is 1840. The van der Waals surface area contributed by atoms with Crippen LogP contribution in [0.5, 0.6) is 5.75 Å². The second-order valence-corrected chi connectivity index (χ2v) is 12.4. The minimum absolute atomic E-state index is 0.0163. The first kappa shape index (κ1) is 33.0. The van der Waals surface area contributed by atoms with E-state index in [1.165, 1.54) is 15.8 Å². The normalized spacial score (nSPS) is 23.5. The lowest BCUT2D eigenvalue weighted by Crippen LogP contribution is -2.61. The van der Waals surface area contributed by atoms with Gasteiger partial charge in [-0.15, -0.1) is 0 Å². The molecule has 2 aliphatic rings. The van der Waals surface area contributed by atoms with Crippen molar-refractivity contribution in [3.63, 3.8) is 0 Å². The van der Waals surface area contributed by atoms with Gasteiger partial charge in [-0.3, -0.25) is 14.1 Å². The number of carboxylic acid groups (broad SMARTS) is 1. The SMILES string of the molecule is Cc1ccc(OCC2O[C@H](C(=O)O)[C@@H](O)[C@H](O)[C@H]2O)c(N(C)C(=O)n2ccc3c(-c4cnn([C@H](CC#N)C5CCCC5)c4)ncnc32)c1.